The molecule has 1 amide bonds. The second-order valence-corrected chi connectivity index (χ2v) is 6.71. The standard InChI is InChI=1S/C21H24FNO2/c1-4-19(20(5-2)25-3)21(24)23-17-10-11-18(23)13-15(12-17)14-6-8-16(22)9-7-14/h4-9,15,17-18H,1-2,10-13H2,3H3/b20-19-. The summed E-state index contributed by atoms with van der Waals surface area (Å²) < 4.78 is 18.4. The van der Waals surface area contributed by atoms with Crippen molar-refractivity contribution in [2.24, 2.45) is 0 Å². The van der Waals surface area contributed by atoms with Crippen LogP contribution in [0.2, 0.25) is 0 Å². The van der Waals surface area contributed by atoms with Gasteiger partial charge in [-0.05, 0) is 55.4 Å². The normalized spacial score (nSPS) is 26.0. The molecule has 0 saturated carbocycles. The first-order valence-electron chi connectivity index (χ1n) is 8.70. The number of allylic oxidation sites excluding steroid dienone is 1. The fourth-order valence-corrected chi connectivity index (χ4v) is 4.25. The van der Waals surface area contributed by atoms with Gasteiger partial charge in [0.15, 0.2) is 0 Å². The highest BCUT2D eigenvalue weighted by atomic mass is 19.1. The van der Waals surface area contributed by atoms with Crippen LogP contribution in [0.1, 0.15) is 37.2 Å². The Morgan fingerprint density at radius 2 is 1.76 bits per heavy atom. The number of halogens is 1. The molecule has 3 nitrogen and oxygen atoms in total. The number of amides is 1. The lowest BCUT2D eigenvalue weighted by atomic mass is 9.84. The largest absolute Gasteiger partial charge is 0.496 e. The number of ether oxygens (including phenoxy) is 1. The molecular weight excluding hydrogens is 317 g/mol. The van der Waals surface area contributed by atoms with Gasteiger partial charge in [-0.25, -0.2) is 4.39 Å². The Labute approximate surface area is 148 Å². The van der Waals surface area contributed by atoms with Crippen LogP contribution in [-0.4, -0.2) is 30.0 Å². The fraction of sp³-hybridized carbons (Fsp3) is 0.381. The maximum atomic E-state index is 13.2. The molecular formula is C21H24FNO2. The Kier molecular flexibility index (Phi) is 5.07. The minimum atomic E-state index is -0.211. The first-order chi connectivity index (χ1) is 12.1. The van der Waals surface area contributed by atoms with Crippen LogP contribution in [0.4, 0.5) is 4.39 Å². The minimum absolute atomic E-state index is 0.0307. The van der Waals surface area contributed by atoms with Gasteiger partial charge in [-0.3, -0.25) is 4.79 Å². The number of carbonyl (C=O) groups is 1. The molecule has 2 aliphatic heterocycles. The van der Waals surface area contributed by atoms with E-state index in [1.54, 1.807) is 12.2 Å². The highest BCUT2D eigenvalue weighted by Gasteiger charge is 2.44. The van der Waals surface area contributed by atoms with Crippen molar-refractivity contribution < 1.29 is 13.9 Å². The maximum Gasteiger partial charge on any atom is 0.258 e. The number of fused-ring (bicyclic) bond motifs is 2. The van der Waals surface area contributed by atoms with Crippen molar-refractivity contribution in [3.63, 3.8) is 0 Å². The first kappa shape index (κ1) is 17.5. The summed E-state index contributed by atoms with van der Waals surface area (Å²) in [5.74, 6) is 0.591. The van der Waals surface area contributed by atoms with Crippen molar-refractivity contribution in [2.75, 3.05) is 7.11 Å². The average molecular weight is 341 g/mol. The van der Waals surface area contributed by atoms with Gasteiger partial charge in [0.1, 0.15) is 11.6 Å². The topological polar surface area (TPSA) is 29.5 Å². The van der Waals surface area contributed by atoms with E-state index in [1.807, 2.05) is 17.0 Å². The second kappa shape index (κ2) is 7.26. The van der Waals surface area contributed by atoms with Crippen LogP contribution in [0.25, 0.3) is 0 Å². The summed E-state index contributed by atoms with van der Waals surface area (Å²) in [4.78, 5) is 15.1. The van der Waals surface area contributed by atoms with Crippen molar-refractivity contribution in [3.8, 4) is 0 Å². The van der Waals surface area contributed by atoms with Gasteiger partial charge in [-0.2, -0.15) is 0 Å². The zero-order chi connectivity index (χ0) is 18.0. The summed E-state index contributed by atoms with van der Waals surface area (Å²) in [6.45, 7) is 7.48. The molecule has 2 saturated heterocycles. The molecule has 4 heteroatoms. The summed E-state index contributed by atoms with van der Waals surface area (Å²) in [5, 5.41) is 0. The molecule has 0 spiro atoms. The van der Waals surface area contributed by atoms with Gasteiger partial charge in [0.05, 0.1) is 12.7 Å². The molecule has 0 N–H and O–H groups in total. The number of piperidine rings is 1. The molecule has 2 unspecified atom stereocenters. The summed E-state index contributed by atoms with van der Waals surface area (Å²) in [5.41, 5.74) is 1.63. The molecule has 0 aromatic heterocycles. The van der Waals surface area contributed by atoms with E-state index < -0.39 is 0 Å². The number of rotatable bonds is 5. The predicted octanol–water partition coefficient (Wildman–Crippen LogP) is 4.34. The third-order valence-corrected chi connectivity index (χ3v) is 5.41. The quantitative estimate of drug-likeness (QED) is 0.453. The maximum absolute atomic E-state index is 13.2. The van der Waals surface area contributed by atoms with Crippen LogP contribution < -0.4 is 0 Å². The number of hydrogen-bond acceptors (Lipinski definition) is 2. The van der Waals surface area contributed by atoms with Gasteiger partial charge in [0.25, 0.3) is 5.91 Å². The fourth-order valence-electron chi connectivity index (χ4n) is 4.25. The van der Waals surface area contributed by atoms with Crippen LogP contribution in [0.3, 0.4) is 0 Å². The van der Waals surface area contributed by atoms with E-state index in [1.165, 1.54) is 19.2 Å². The second-order valence-electron chi connectivity index (χ2n) is 6.71. The Morgan fingerprint density at radius 3 is 2.24 bits per heavy atom. The molecule has 132 valence electrons. The SMILES string of the molecule is C=C/C(OC)=C(\C=C)C(=O)N1C2CCC1CC(c1ccc(F)cc1)C2. The molecule has 2 bridgehead atoms. The van der Waals surface area contributed by atoms with E-state index in [9.17, 15) is 9.18 Å². The molecule has 1 aromatic carbocycles. The van der Waals surface area contributed by atoms with Gasteiger partial charge in [-0.15, -0.1) is 0 Å². The number of hydrogen-bond donors (Lipinski definition) is 0. The Morgan fingerprint density at radius 1 is 1.16 bits per heavy atom. The Bertz CT molecular complexity index is 693. The van der Waals surface area contributed by atoms with Crippen LogP contribution >= 0.6 is 0 Å². The van der Waals surface area contributed by atoms with Crippen LogP contribution in [0.15, 0.2) is 60.9 Å². The minimum Gasteiger partial charge on any atom is -0.496 e. The summed E-state index contributed by atoms with van der Waals surface area (Å²) in [6, 6.07) is 7.18. The third kappa shape index (κ3) is 3.26. The molecule has 2 fully saturated rings. The molecule has 0 aliphatic carbocycles. The molecule has 0 radical (unpaired) electrons. The van der Waals surface area contributed by atoms with Gasteiger partial charge < -0.3 is 9.64 Å². The van der Waals surface area contributed by atoms with E-state index in [4.69, 9.17) is 4.74 Å². The van der Waals surface area contributed by atoms with Crippen LogP contribution in [-0.2, 0) is 9.53 Å². The van der Waals surface area contributed by atoms with Crippen LogP contribution in [0.5, 0.6) is 0 Å². The van der Waals surface area contributed by atoms with Crippen molar-refractivity contribution in [1.29, 1.82) is 0 Å². The van der Waals surface area contributed by atoms with Crippen molar-refractivity contribution >= 4 is 5.91 Å². The Hall–Kier alpha value is -2.36. The highest BCUT2D eigenvalue weighted by molar-refractivity contribution is 5.97. The van der Waals surface area contributed by atoms with Crippen molar-refractivity contribution in [1.82, 2.24) is 4.90 Å². The van der Waals surface area contributed by atoms with Gasteiger partial charge in [0, 0.05) is 12.1 Å². The molecule has 25 heavy (non-hydrogen) atoms. The molecule has 2 heterocycles. The average Bonchev–Trinajstić information content (AvgIpc) is 2.89. The summed E-state index contributed by atoms with van der Waals surface area (Å²) >= 11 is 0. The number of benzene rings is 1. The van der Waals surface area contributed by atoms with Gasteiger partial charge in [-0.1, -0.05) is 31.4 Å². The van der Waals surface area contributed by atoms with E-state index in [2.05, 4.69) is 13.2 Å². The van der Waals surface area contributed by atoms with Gasteiger partial charge in [0.2, 0.25) is 0 Å². The van der Waals surface area contributed by atoms with E-state index in [-0.39, 0.29) is 23.8 Å². The van der Waals surface area contributed by atoms with E-state index >= 15 is 0 Å². The Balaban J connectivity index is 1.82. The summed E-state index contributed by atoms with van der Waals surface area (Å²) in [7, 11) is 1.53. The number of nitrogens with zero attached hydrogens (tertiary/aromatic N) is 1. The number of carbonyl (C=O) groups excluding carboxylic acids is 1. The lowest BCUT2D eigenvalue weighted by molar-refractivity contribution is -0.131. The highest BCUT2D eigenvalue weighted by Crippen LogP contribution is 2.43. The monoisotopic (exact) mass is 341 g/mol. The van der Waals surface area contributed by atoms with E-state index in [0.29, 0.717) is 17.3 Å². The molecule has 2 aliphatic rings. The van der Waals surface area contributed by atoms with Crippen LogP contribution in [0, 0.1) is 5.82 Å². The lowest BCUT2D eigenvalue weighted by Gasteiger charge is -2.39. The van der Waals surface area contributed by atoms with Gasteiger partial charge >= 0.3 is 0 Å². The summed E-state index contributed by atoms with van der Waals surface area (Å²) in [6.07, 6.45) is 6.93. The third-order valence-electron chi connectivity index (χ3n) is 5.41. The predicted molar refractivity (Wildman–Crippen MR) is 96.5 cm³/mol. The molecule has 3 rings (SSSR count). The molecule has 2 atom stereocenters. The van der Waals surface area contributed by atoms with Crippen molar-refractivity contribution in [2.45, 2.75) is 43.7 Å². The zero-order valence-electron chi connectivity index (χ0n) is 14.6. The zero-order valence-corrected chi connectivity index (χ0v) is 14.6. The lowest BCUT2D eigenvalue weighted by Crippen LogP contribution is -2.46. The molecule has 1 aromatic rings. The number of methoxy groups -OCH3 is 1. The smallest absolute Gasteiger partial charge is 0.258 e. The first-order valence-corrected chi connectivity index (χ1v) is 8.70. The van der Waals surface area contributed by atoms with Crippen molar-refractivity contribution in [3.05, 3.63) is 72.3 Å². The van der Waals surface area contributed by atoms with E-state index in [0.717, 1.165) is 31.2 Å².